The van der Waals surface area contributed by atoms with E-state index in [1.165, 1.54) is 25.7 Å². The molecule has 4 nitrogen and oxygen atoms in total. The number of aromatic nitrogens is 1. The lowest BCUT2D eigenvalue weighted by Gasteiger charge is -2.20. The monoisotopic (exact) mass is 247 g/mol. The van der Waals surface area contributed by atoms with Gasteiger partial charge in [0.1, 0.15) is 0 Å². The SMILES string of the molecule is Cc1ncc(N)cc1C(=O)NC(C)C1CCCC1. The van der Waals surface area contributed by atoms with Gasteiger partial charge in [0.05, 0.1) is 23.1 Å². The van der Waals surface area contributed by atoms with Crippen molar-refractivity contribution in [3.63, 3.8) is 0 Å². The molecule has 1 fully saturated rings. The largest absolute Gasteiger partial charge is 0.397 e. The zero-order valence-corrected chi connectivity index (χ0v) is 11.1. The zero-order chi connectivity index (χ0) is 13.1. The van der Waals surface area contributed by atoms with Crippen LogP contribution in [0.4, 0.5) is 5.69 Å². The molecule has 1 atom stereocenters. The van der Waals surface area contributed by atoms with E-state index >= 15 is 0 Å². The van der Waals surface area contributed by atoms with E-state index in [2.05, 4.69) is 17.2 Å². The van der Waals surface area contributed by atoms with E-state index in [4.69, 9.17) is 5.73 Å². The molecule has 0 spiro atoms. The fourth-order valence-corrected chi connectivity index (χ4v) is 2.64. The van der Waals surface area contributed by atoms with Crippen LogP contribution in [-0.4, -0.2) is 16.9 Å². The summed E-state index contributed by atoms with van der Waals surface area (Å²) in [6.45, 7) is 3.91. The van der Waals surface area contributed by atoms with Crippen LogP contribution in [0.25, 0.3) is 0 Å². The fourth-order valence-electron chi connectivity index (χ4n) is 2.64. The van der Waals surface area contributed by atoms with Gasteiger partial charge in [0.25, 0.3) is 5.91 Å². The van der Waals surface area contributed by atoms with Crippen molar-refractivity contribution in [1.82, 2.24) is 10.3 Å². The first-order chi connectivity index (χ1) is 8.58. The molecule has 0 saturated heterocycles. The van der Waals surface area contributed by atoms with Crippen molar-refractivity contribution in [3.05, 3.63) is 23.5 Å². The highest BCUT2D eigenvalue weighted by Gasteiger charge is 2.23. The Labute approximate surface area is 108 Å². The molecule has 1 amide bonds. The van der Waals surface area contributed by atoms with Crippen LogP contribution in [0.3, 0.4) is 0 Å². The van der Waals surface area contributed by atoms with E-state index in [1.54, 1.807) is 12.3 Å². The smallest absolute Gasteiger partial charge is 0.253 e. The van der Waals surface area contributed by atoms with Crippen LogP contribution in [0.15, 0.2) is 12.3 Å². The molecular weight excluding hydrogens is 226 g/mol. The Kier molecular flexibility index (Phi) is 3.84. The number of amides is 1. The highest BCUT2D eigenvalue weighted by molar-refractivity contribution is 5.96. The lowest BCUT2D eigenvalue weighted by Crippen LogP contribution is -2.37. The molecule has 0 aliphatic heterocycles. The fraction of sp³-hybridized carbons (Fsp3) is 0.571. The quantitative estimate of drug-likeness (QED) is 0.861. The van der Waals surface area contributed by atoms with E-state index in [1.807, 2.05) is 6.92 Å². The van der Waals surface area contributed by atoms with Crippen molar-refractivity contribution >= 4 is 11.6 Å². The number of aryl methyl sites for hydroxylation is 1. The summed E-state index contributed by atoms with van der Waals surface area (Å²) in [5.41, 5.74) is 7.51. The van der Waals surface area contributed by atoms with Gasteiger partial charge in [-0.15, -0.1) is 0 Å². The van der Waals surface area contributed by atoms with Gasteiger partial charge in [0.2, 0.25) is 0 Å². The first-order valence-corrected chi connectivity index (χ1v) is 6.61. The summed E-state index contributed by atoms with van der Waals surface area (Å²) in [5, 5.41) is 3.07. The second kappa shape index (κ2) is 5.38. The predicted octanol–water partition coefficient (Wildman–Crippen LogP) is 2.28. The Morgan fingerprint density at radius 2 is 2.17 bits per heavy atom. The molecule has 0 radical (unpaired) electrons. The number of carbonyl (C=O) groups excluding carboxylic acids is 1. The number of anilines is 1. The van der Waals surface area contributed by atoms with Gasteiger partial charge in [-0.25, -0.2) is 0 Å². The molecule has 0 aromatic carbocycles. The number of nitrogen functional groups attached to an aromatic ring is 1. The van der Waals surface area contributed by atoms with E-state index in [9.17, 15) is 4.79 Å². The number of nitrogens with one attached hydrogen (secondary N) is 1. The Bertz CT molecular complexity index is 439. The number of nitrogens with zero attached hydrogens (tertiary/aromatic N) is 1. The summed E-state index contributed by atoms with van der Waals surface area (Å²) in [6.07, 6.45) is 6.57. The minimum atomic E-state index is -0.0632. The van der Waals surface area contributed by atoms with E-state index < -0.39 is 0 Å². The van der Waals surface area contributed by atoms with Crippen molar-refractivity contribution in [3.8, 4) is 0 Å². The van der Waals surface area contributed by atoms with Gasteiger partial charge in [0.15, 0.2) is 0 Å². The van der Waals surface area contributed by atoms with Crippen molar-refractivity contribution in [2.24, 2.45) is 5.92 Å². The van der Waals surface area contributed by atoms with Crippen LogP contribution < -0.4 is 11.1 Å². The number of nitrogens with two attached hydrogens (primary N) is 1. The van der Waals surface area contributed by atoms with Gasteiger partial charge >= 0.3 is 0 Å². The standard InChI is InChI=1S/C14H21N3O/c1-9(11-5-3-4-6-11)17-14(18)13-7-12(15)8-16-10(13)2/h7-9,11H,3-6,15H2,1-2H3,(H,17,18). The molecule has 1 saturated carbocycles. The maximum Gasteiger partial charge on any atom is 0.253 e. The van der Waals surface area contributed by atoms with Crippen molar-refractivity contribution in [2.75, 3.05) is 5.73 Å². The zero-order valence-electron chi connectivity index (χ0n) is 11.1. The maximum absolute atomic E-state index is 12.2. The molecule has 18 heavy (non-hydrogen) atoms. The van der Waals surface area contributed by atoms with Gasteiger partial charge in [-0.2, -0.15) is 0 Å². The highest BCUT2D eigenvalue weighted by atomic mass is 16.1. The summed E-state index contributed by atoms with van der Waals surface area (Å²) in [5.74, 6) is 0.551. The van der Waals surface area contributed by atoms with Gasteiger partial charge in [-0.1, -0.05) is 12.8 Å². The summed E-state index contributed by atoms with van der Waals surface area (Å²) in [7, 11) is 0. The van der Waals surface area contributed by atoms with E-state index in [0.717, 1.165) is 5.69 Å². The average molecular weight is 247 g/mol. The first kappa shape index (κ1) is 12.9. The van der Waals surface area contributed by atoms with E-state index in [0.29, 0.717) is 17.2 Å². The molecule has 1 aromatic heterocycles. The Morgan fingerprint density at radius 1 is 1.50 bits per heavy atom. The summed E-state index contributed by atoms with van der Waals surface area (Å²) in [4.78, 5) is 16.3. The van der Waals surface area contributed by atoms with Gasteiger partial charge in [-0.05, 0) is 38.7 Å². The van der Waals surface area contributed by atoms with Crippen LogP contribution >= 0.6 is 0 Å². The average Bonchev–Trinajstić information content (AvgIpc) is 2.85. The number of pyridine rings is 1. The summed E-state index contributed by atoms with van der Waals surface area (Å²) < 4.78 is 0. The summed E-state index contributed by atoms with van der Waals surface area (Å²) in [6, 6.07) is 1.92. The van der Waals surface area contributed by atoms with Crippen molar-refractivity contribution in [1.29, 1.82) is 0 Å². The first-order valence-electron chi connectivity index (χ1n) is 6.61. The third-order valence-corrected chi connectivity index (χ3v) is 3.82. The van der Waals surface area contributed by atoms with E-state index in [-0.39, 0.29) is 11.9 Å². The Hall–Kier alpha value is -1.58. The molecule has 2 rings (SSSR count). The lowest BCUT2D eigenvalue weighted by atomic mass is 9.99. The van der Waals surface area contributed by atoms with Crippen molar-refractivity contribution in [2.45, 2.75) is 45.6 Å². The van der Waals surface area contributed by atoms with Crippen molar-refractivity contribution < 1.29 is 4.79 Å². The molecule has 1 aromatic rings. The van der Waals surface area contributed by atoms with Gasteiger partial charge in [0, 0.05) is 6.04 Å². The Morgan fingerprint density at radius 3 is 2.83 bits per heavy atom. The van der Waals surface area contributed by atoms with Crippen LogP contribution in [0.2, 0.25) is 0 Å². The van der Waals surface area contributed by atoms with Gasteiger partial charge in [-0.3, -0.25) is 9.78 Å². The second-order valence-corrected chi connectivity index (χ2v) is 5.21. The van der Waals surface area contributed by atoms with Crippen LogP contribution in [0.1, 0.15) is 48.7 Å². The number of rotatable bonds is 3. The topological polar surface area (TPSA) is 68.0 Å². The molecule has 0 bridgehead atoms. The summed E-state index contributed by atoms with van der Waals surface area (Å²) >= 11 is 0. The highest BCUT2D eigenvalue weighted by Crippen LogP contribution is 2.27. The molecule has 98 valence electrons. The molecule has 3 N–H and O–H groups in total. The third-order valence-electron chi connectivity index (χ3n) is 3.82. The van der Waals surface area contributed by atoms with Crippen LogP contribution in [0.5, 0.6) is 0 Å². The number of carbonyl (C=O) groups is 1. The Balaban J connectivity index is 2.04. The second-order valence-electron chi connectivity index (χ2n) is 5.21. The molecular formula is C14H21N3O. The maximum atomic E-state index is 12.2. The minimum absolute atomic E-state index is 0.0632. The third kappa shape index (κ3) is 2.81. The molecule has 1 heterocycles. The normalized spacial score (nSPS) is 17.7. The predicted molar refractivity (Wildman–Crippen MR) is 72.3 cm³/mol. The van der Waals surface area contributed by atoms with Crippen LogP contribution in [0, 0.1) is 12.8 Å². The lowest BCUT2D eigenvalue weighted by molar-refractivity contribution is 0.0926. The molecule has 4 heteroatoms. The molecule has 1 unspecified atom stereocenters. The molecule has 1 aliphatic carbocycles. The number of hydrogen-bond donors (Lipinski definition) is 2. The minimum Gasteiger partial charge on any atom is -0.397 e. The van der Waals surface area contributed by atoms with Gasteiger partial charge < -0.3 is 11.1 Å². The number of hydrogen-bond acceptors (Lipinski definition) is 3. The van der Waals surface area contributed by atoms with Crippen LogP contribution in [-0.2, 0) is 0 Å². The molecule has 1 aliphatic rings.